The van der Waals surface area contributed by atoms with Crippen LogP contribution in [0, 0.1) is 17.5 Å². The number of hydrogen-bond acceptors (Lipinski definition) is 2. The summed E-state index contributed by atoms with van der Waals surface area (Å²) in [5.41, 5.74) is 0.296. The zero-order chi connectivity index (χ0) is 14.2. The van der Waals surface area contributed by atoms with Crippen LogP contribution in [0.3, 0.4) is 0 Å². The van der Waals surface area contributed by atoms with Gasteiger partial charge in [-0.25, -0.2) is 13.2 Å². The first kappa shape index (κ1) is 14.8. The SMILES string of the molecule is CNC(c1cc(F)c(F)c(F)c1)c1cc(Cl)c(Br)s1. The van der Waals surface area contributed by atoms with Crippen LogP contribution in [0.5, 0.6) is 0 Å². The second-order valence-electron chi connectivity index (χ2n) is 3.79. The normalized spacial score (nSPS) is 12.7. The largest absolute Gasteiger partial charge is 0.309 e. The fourth-order valence-electron chi connectivity index (χ4n) is 1.72. The van der Waals surface area contributed by atoms with E-state index in [-0.39, 0.29) is 0 Å². The Morgan fingerprint density at radius 3 is 2.21 bits per heavy atom. The molecule has 1 N–H and O–H groups in total. The Morgan fingerprint density at radius 1 is 1.21 bits per heavy atom. The first-order valence-corrected chi connectivity index (χ1v) is 7.19. The third-order valence-electron chi connectivity index (χ3n) is 2.58. The van der Waals surface area contributed by atoms with Crippen LogP contribution in [-0.4, -0.2) is 7.05 Å². The van der Waals surface area contributed by atoms with Crippen molar-refractivity contribution in [1.82, 2.24) is 5.32 Å². The third kappa shape index (κ3) is 2.97. The van der Waals surface area contributed by atoms with E-state index in [0.717, 1.165) is 20.8 Å². The Morgan fingerprint density at radius 2 is 1.79 bits per heavy atom. The highest BCUT2D eigenvalue weighted by Gasteiger charge is 2.20. The van der Waals surface area contributed by atoms with Crippen molar-refractivity contribution < 1.29 is 13.2 Å². The number of rotatable bonds is 3. The predicted octanol–water partition coefficient (Wildman–Crippen LogP) is 4.89. The standard InChI is InChI=1S/C12H8BrClF3NS/c1-18-11(9-4-6(14)12(13)19-9)5-2-7(15)10(17)8(16)3-5/h2-4,11,18H,1H3. The first-order chi connectivity index (χ1) is 8.93. The van der Waals surface area contributed by atoms with E-state index in [1.54, 1.807) is 13.1 Å². The van der Waals surface area contributed by atoms with Gasteiger partial charge in [-0.05, 0) is 46.7 Å². The van der Waals surface area contributed by atoms with Crippen molar-refractivity contribution in [2.45, 2.75) is 6.04 Å². The van der Waals surface area contributed by atoms with Gasteiger partial charge in [0.05, 0.1) is 14.9 Å². The van der Waals surface area contributed by atoms with Crippen LogP contribution in [0.15, 0.2) is 22.0 Å². The van der Waals surface area contributed by atoms with Gasteiger partial charge in [0, 0.05) is 4.88 Å². The van der Waals surface area contributed by atoms with E-state index >= 15 is 0 Å². The number of thiophene rings is 1. The maximum absolute atomic E-state index is 13.3. The maximum atomic E-state index is 13.3. The molecule has 0 saturated heterocycles. The Hall–Kier alpha value is -0.560. The lowest BCUT2D eigenvalue weighted by Crippen LogP contribution is -2.17. The molecule has 0 amide bonds. The molecule has 1 aromatic heterocycles. The van der Waals surface area contributed by atoms with Crippen molar-refractivity contribution in [2.75, 3.05) is 7.05 Å². The fraction of sp³-hybridized carbons (Fsp3) is 0.167. The van der Waals surface area contributed by atoms with Crippen molar-refractivity contribution >= 4 is 38.9 Å². The van der Waals surface area contributed by atoms with Crippen LogP contribution < -0.4 is 5.32 Å². The van der Waals surface area contributed by atoms with E-state index in [1.165, 1.54) is 11.3 Å². The summed E-state index contributed by atoms with van der Waals surface area (Å²) in [7, 11) is 1.64. The second-order valence-corrected chi connectivity index (χ2v) is 6.60. The number of benzene rings is 1. The van der Waals surface area contributed by atoms with Crippen molar-refractivity contribution in [2.24, 2.45) is 0 Å². The molecular formula is C12H8BrClF3NS. The van der Waals surface area contributed by atoms with Gasteiger partial charge in [-0.2, -0.15) is 0 Å². The van der Waals surface area contributed by atoms with E-state index in [1.807, 2.05) is 0 Å². The lowest BCUT2D eigenvalue weighted by atomic mass is 10.0. The van der Waals surface area contributed by atoms with Crippen LogP contribution in [-0.2, 0) is 0 Å². The molecule has 0 radical (unpaired) electrons. The number of hydrogen-bond donors (Lipinski definition) is 1. The van der Waals surface area contributed by atoms with Gasteiger partial charge in [-0.1, -0.05) is 11.6 Å². The molecule has 0 aliphatic heterocycles. The Balaban J connectivity index is 2.48. The fourth-order valence-corrected chi connectivity index (χ4v) is 3.61. The minimum absolute atomic E-state index is 0.296. The van der Waals surface area contributed by atoms with Gasteiger partial charge >= 0.3 is 0 Å². The summed E-state index contributed by atoms with van der Waals surface area (Å²) in [6, 6.07) is 3.18. The summed E-state index contributed by atoms with van der Waals surface area (Å²) in [5.74, 6) is -3.89. The van der Waals surface area contributed by atoms with Crippen LogP contribution in [0.2, 0.25) is 5.02 Å². The second kappa shape index (κ2) is 5.83. The summed E-state index contributed by atoms with van der Waals surface area (Å²) in [6.45, 7) is 0. The van der Waals surface area contributed by atoms with Crippen LogP contribution in [0.1, 0.15) is 16.5 Å². The molecule has 0 spiro atoms. The van der Waals surface area contributed by atoms with Crippen LogP contribution in [0.25, 0.3) is 0 Å². The maximum Gasteiger partial charge on any atom is 0.194 e. The van der Waals surface area contributed by atoms with Gasteiger partial charge < -0.3 is 5.32 Å². The summed E-state index contributed by atoms with van der Waals surface area (Å²) >= 11 is 10.6. The molecule has 1 atom stereocenters. The van der Waals surface area contributed by atoms with Crippen molar-refractivity contribution in [1.29, 1.82) is 0 Å². The molecule has 0 aliphatic rings. The highest BCUT2D eigenvalue weighted by molar-refractivity contribution is 9.11. The van der Waals surface area contributed by atoms with Crippen LogP contribution in [0.4, 0.5) is 13.2 Å². The highest BCUT2D eigenvalue weighted by Crippen LogP contribution is 2.37. The molecular weight excluding hydrogens is 363 g/mol. The molecule has 1 aromatic carbocycles. The number of nitrogens with one attached hydrogen (secondary N) is 1. The molecule has 7 heteroatoms. The van der Waals surface area contributed by atoms with Gasteiger partial charge in [0.2, 0.25) is 0 Å². The lowest BCUT2D eigenvalue weighted by molar-refractivity contribution is 0.443. The third-order valence-corrected chi connectivity index (χ3v) is 5.12. The minimum atomic E-state index is -1.47. The zero-order valence-corrected chi connectivity index (χ0v) is 12.8. The Labute approximate surface area is 125 Å². The molecule has 2 rings (SSSR count). The smallest absolute Gasteiger partial charge is 0.194 e. The van der Waals surface area contributed by atoms with E-state index in [0.29, 0.717) is 10.6 Å². The van der Waals surface area contributed by atoms with E-state index in [4.69, 9.17) is 11.6 Å². The van der Waals surface area contributed by atoms with Gasteiger partial charge in [0.15, 0.2) is 17.5 Å². The lowest BCUT2D eigenvalue weighted by Gasteiger charge is -2.15. The average Bonchev–Trinajstić information content (AvgIpc) is 2.67. The minimum Gasteiger partial charge on any atom is -0.309 e. The summed E-state index contributed by atoms with van der Waals surface area (Å²) in [6.07, 6.45) is 0. The van der Waals surface area contributed by atoms with Crippen molar-refractivity contribution in [3.63, 3.8) is 0 Å². The quantitative estimate of drug-likeness (QED) is 0.759. The van der Waals surface area contributed by atoms with Gasteiger partial charge in [-0.15, -0.1) is 11.3 Å². The summed E-state index contributed by atoms with van der Waals surface area (Å²) in [4.78, 5) is 0.768. The molecule has 1 heterocycles. The van der Waals surface area contributed by atoms with Gasteiger partial charge in [0.1, 0.15) is 0 Å². The molecule has 1 unspecified atom stereocenters. The van der Waals surface area contributed by atoms with E-state index < -0.39 is 23.5 Å². The molecule has 0 saturated carbocycles. The summed E-state index contributed by atoms with van der Waals surface area (Å²) in [5, 5.41) is 3.44. The van der Waals surface area contributed by atoms with Gasteiger partial charge in [0.25, 0.3) is 0 Å². The molecule has 1 nitrogen and oxygen atoms in total. The summed E-state index contributed by atoms with van der Waals surface area (Å²) < 4.78 is 40.2. The molecule has 102 valence electrons. The van der Waals surface area contributed by atoms with E-state index in [2.05, 4.69) is 21.2 Å². The van der Waals surface area contributed by atoms with Crippen molar-refractivity contribution in [3.05, 3.63) is 54.9 Å². The Kier molecular flexibility index (Phi) is 4.55. The zero-order valence-electron chi connectivity index (χ0n) is 9.61. The highest BCUT2D eigenvalue weighted by atomic mass is 79.9. The monoisotopic (exact) mass is 369 g/mol. The molecule has 0 fully saturated rings. The topological polar surface area (TPSA) is 12.0 Å². The average molecular weight is 371 g/mol. The predicted molar refractivity (Wildman–Crippen MR) is 74.2 cm³/mol. The number of halogens is 5. The van der Waals surface area contributed by atoms with Gasteiger partial charge in [-0.3, -0.25) is 0 Å². The first-order valence-electron chi connectivity index (χ1n) is 5.20. The van der Waals surface area contributed by atoms with Crippen LogP contribution >= 0.6 is 38.9 Å². The molecule has 0 aliphatic carbocycles. The molecule has 0 bridgehead atoms. The molecule has 19 heavy (non-hydrogen) atoms. The van der Waals surface area contributed by atoms with E-state index in [9.17, 15) is 13.2 Å². The molecule has 2 aromatic rings. The Bertz CT molecular complexity index is 575. The van der Waals surface area contributed by atoms with Crippen molar-refractivity contribution in [3.8, 4) is 0 Å².